The summed E-state index contributed by atoms with van der Waals surface area (Å²) >= 11 is 0. The highest BCUT2D eigenvalue weighted by molar-refractivity contribution is 5.87. The topological polar surface area (TPSA) is 55.0 Å². The van der Waals surface area contributed by atoms with Crippen molar-refractivity contribution in [3.63, 3.8) is 0 Å². The lowest BCUT2D eigenvalue weighted by Crippen LogP contribution is -2.44. The van der Waals surface area contributed by atoms with Crippen LogP contribution in [-0.2, 0) is 4.79 Å². The van der Waals surface area contributed by atoms with Gasteiger partial charge in [0, 0.05) is 17.0 Å². The van der Waals surface area contributed by atoms with Crippen molar-refractivity contribution in [2.75, 3.05) is 13.1 Å². The van der Waals surface area contributed by atoms with Gasteiger partial charge in [-0.3, -0.25) is 0 Å². The van der Waals surface area contributed by atoms with Gasteiger partial charge in [0.15, 0.2) is 0 Å². The molecule has 0 bridgehead atoms. The van der Waals surface area contributed by atoms with Crippen molar-refractivity contribution in [1.29, 1.82) is 0 Å². The number of halogens is 1. The number of carbonyl (C=O) groups excluding carboxylic acids is 1. The van der Waals surface area contributed by atoms with E-state index in [1.807, 2.05) is 12.1 Å². The second kappa shape index (κ2) is 8.05. The molecule has 2 aliphatic heterocycles. The zero-order valence-corrected chi connectivity index (χ0v) is 16.6. The minimum absolute atomic E-state index is 0.277. The SMILES string of the molecule is O=C=Nc1oc2ccc(Oc3ccc(F)cc3)cc2c1C1CCN2CCCCC2C1. The summed E-state index contributed by atoms with van der Waals surface area (Å²) in [6, 6.07) is 12.1. The molecule has 2 unspecified atom stereocenters. The number of fused-ring (bicyclic) bond motifs is 2. The summed E-state index contributed by atoms with van der Waals surface area (Å²) < 4.78 is 25.0. The van der Waals surface area contributed by atoms with E-state index in [1.165, 1.54) is 37.9 Å². The fourth-order valence-corrected chi connectivity index (χ4v) is 4.96. The van der Waals surface area contributed by atoms with E-state index in [4.69, 9.17) is 9.15 Å². The van der Waals surface area contributed by atoms with E-state index >= 15 is 0 Å². The van der Waals surface area contributed by atoms with E-state index < -0.39 is 0 Å². The van der Waals surface area contributed by atoms with Gasteiger partial charge in [-0.15, -0.1) is 4.99 Å². The molecule has 2 aliphatic rings. The van der Waals surface area contributed by atoms with Crippen LogP contribution < -0.4 is 4.74 Å². The third-order valence-corrected chi connectivity index (χ3v) is 6.35. The van der Waals surface area contributed by atoms with Crippen molar-refractivity contribution < 1.29 is 18.3 Å². The fraction of sp³-hybridized carbons (Fsp3) is 0.375. The number of benzene rings is 2. The van der Waals surface area contributed by atoms with Gasteiger partial charge in [-0.05, 0) is 87.2 Å². The van der Waals surface area contributed by atoms with Gasteiger partial charge in [0.1, 0.15) is 22.9 Å². The smallest absolute Gasteiger partial charge is 0.243 e. The Morgan fingerprint density at radius 2 is 1.90 bits per heavy atom. The van der Waals surface area contributed by atoms with E-state index in [0.717, 1.165) is 30.3 Å². The lowest BCUT2D eigenvalue weighted by molar-refractivity contribution is 0.0977. The van der Waals surface area contributed by atoms with Crippen molar-refractivity contribution in [3.05, 3.63) is 53.8 Å². The van der Waals surface area contributed by atoms with Crippen LogP contribution in [-0.4, -0.2) is 30.1 Å². The molecule has 6 heteroatoms. The van der Waals surface area contributed by atoms with Gasteiger partial charge in [-0.2, -0.15) is 0 Å². The van der Waals surface area contributed by atoms with Gasteiger partial charge in [0.05, 0.1) is 0 Å². The highest BCUT2D eigenvalue weighted by Gasteiger charge is 2.34. The quantitative estimate of drug-likeness (QED) is 0.390. The summed E-state index contributed by atoms with van der Waals surface area (Å²) in [7, 11) is 0. The van der Waals surface area contributed by atoms with Crippen LogP contribution in [0.1, 0.15) is 43.6 Å². The Hall–Kier alpha value is -2.95. The first-order valence-corrected chi connectivity index (χ1v) is 10.5. The molecule has 2 saturated heterocycles. The zero-order valence-electron chi connectivity index (χ0n) is 16.6. The molecule has 5 rings (SSSR count). The molecule has 0 spiro atoms. The lowest BCUT2D eigenvalue weighted by Gasteiger charge is -2.42. The molecule has 0 aliphatic carbocycles. The molecule has 30 heavy (non-hydrogen) atoms. The van der Waals surface area contributed by atoms with Crippen molar-refractivity contribution in [3.8, 4) is 11.5 Å². The molecule has 3 heterocycles. The summed E-state index contributed by atoms with van der Waals surface area (Å²) in [6.45, 7) is 2.23. The summed E-state index contributed by atoms with van der Waals surface area (Å²) in [5.74, 6) is 1.52. The van der Waals surface area contributed by atoms with Crippen molar-refractivity contribution >= 4 is 22.9 Å². The highest BCUT2D eigenvalue weighted by atomic mass is 19.1. The lowest BCUT2D eigenvalue weighted by atomic mass is 9.81. The predicted molar refractivity (Wildman–Crippen MR) is 112 cm³/mol. The summed E-state index contributed by atoms with van der Waals surface area (Å²) in [5.41, 5.74) is 1.65. The Bertz CT molecular complexity index is 1100. The van der Waals surface area contributed by atoms with Gasteiger partial charge >= 0.3 is 0 Å². The fourth-order valence-electron chi connectivity index (χ4n) is 4.96. The van der Waals surface area contributed by atoms with Crippen LogP contribution in [0.2, 0.25) is 0 Å². The average molecular weight is 406 g/mol. The van der Waals surface area contributed by atoms with Crippen LogP contribution in [0.15, 0.2) is 51.9 Å². The van der Waals surface area contributed by atoms with Crippen LogP contribution >= 0.6 is 0 Å². The second-order valence-corrected chi connectivity index (χ2v) is 8.14. The molecule has 1 aromatic heterocycles. The van der Waals surface area contributed by atoms with Gasteiger partial charge in [0.25, 0.3) is 0 Å². The van der Waals surface area contributed by atoms with E-state index in [0.29, 0.717) is 29.0 Å². The molecule has 2 fully saturated rings. The average Bonchev–Trinajstić information content (AvgIpc) is 3.12. The molecule has 0 N–H and O–H groups in total. The summed E-state index contributed by atoms with van der Waals surface area (Å²) in [6.07, 6.45) is 7.47. The number of isocyanates is 1. The van der Waals surface area contributed by atoms with Gasteiger partial charge < -0.3 is 14.1 Å². The molecule has 2 atom stereocenters. The molecular weight excluding hydrogens is 383 g/mol. The zero-order chi connectivity index (χ0) is 20.5. The van der Waals surface area contributed by atoms with E-state index in [-0.39, 0.29) is 11.7 Å². The number of nitrogens with zero attached hydrogens (tertiary/aromatic N) is 2. The van der Waals surface area contributed by atoms with E-state index in [2.05, 4.69) is 9.89 Å². The standard InChI is InChI=1S/C24H23FN2O3/c25-17-4-6-19(7-5-17)29-20-8-9-22-21(14-20)23(24(30-22)26-15-28)16-10-12-27-11-2-1-3-18(27)13-16/h4-9,14,16,18H,1-3,10-13H2. The normalized spacial score (nSPS) is 21.8. The van der Waals surface area contributed by atoms with Gasteiger partial charge in [-0.25, -0.2) is 9.18 Å². The van der Waals surface area contributed by atoms with Crippen LogP contribution in [0.5, 0.6) is 11.5 Å². The Labute approximate surface area is 174 Å². The number of furan rings is 1. The minimum Gasteiger partial charge on any atom is -0.457 e. The van der Waals surface area contributed by atoms with E-state index in [9.17, 15) is 9.18 Å². The third-order valence-electron chi connectivity index (χ3n) is 6.35. The monoisotopic (exact) mass is 406 g/mol. The second-order valence-electron chi connectivity index (χ2n) is 8.14. The maximum absolute atomic E-state index is 13.2. The third kappa shape index (κ3) is 3.64. The summed E-state index contributed by atoms with van der Waals surface area (Å²) in [5, 5.41) is 0.915. The van der Waals surface area contributed by atoms with Gasteiger partial charge in [-0.1, -0.05) is 6.42 Å². The molecule has 154 valence electrons. The number of rotatable bonds is 4. The molecule has 3 aromatic rings. The van der Waals surface area contributed by atoms with Gasteiger partial charge in [0.2, 0.25) is 12.0 Å². The maximum Gasteiger partial charge on any atom is 0.243 e. The Morgan fingerprint density at radius 1 is 1.07 bits per heavy atom. The Balaban J connectivity index is 1.51. The Morgan fingerprint density at radius 3 is 2.73 bits per heavy atom. The molecular formula is C24H23FN2O3. The molecule has 0 saturated carbocycles. The first kappa shape index (κ1) is 19.0. The minimum atomic E-state index is -0.305. The number of ether oxygens (including phenoxy) is 1. The Kier molecular flexibility index (Phi) is 5.11. The summed E-state index contributed by atoms with van der Waals surface area (Å²) in [4.78, 5) is 17.5. The molecule has 2 aromatic carbocycles. The molecule has 0 amide bonds. The van der Waals surface area contributed by atoms with Crippen LogP contribution in [0, 0.1) is 5.82 Å². The highest BCUT2D eigenvalue weighted by Crippen LogP contribution is 2.45. The predicted octanol–water partition coefficient (Wildman–Crippen LogP) is 6.06. The number of hydrogen-bond acceptors (Lipinski definition) is 5. The molecule has 5 nitrogen and oxygen atoms in total. The van der Waals surface area contributed by atoms with Crippen molar-refractivity contribution in [1.82, 2.24) is 4.90 Å². The van der Waals surface area contributed by atoms with Crippen molar-refractivity contribution in [2.45, 2.75) is 44.1 Å². The first-order chi connectivity index (χ1) is 14.7. The maximum atomic E-state index is 13.2. The molecule has 0 radical (unpaired) electrons. The number of piperidine rings is 2. The van der Waals surface area contributed by atoms with E-state index in [1.54, 1.807) is 24.3 Å². The number of hydrogen-bond donors (Lipinski definition) is 0. The number of aliphatic imine (C=N–C) groups is 1. The van der Waals surface area contributed by atoms with Crippen molar-refractivity contribution in [2.24, 2.45) is 4.99 Å². The van der Waals surface area contributed by atoms with Crippen LogP contribution in [0.25, 0.3) is 11.0 Å². The largest absolute Gasteiger partial charge is 0.457 e. The first-order valence-electron chi connectivity index (χ1n) is 10.5. The van der Waals surface area contributed by atoms with Crippen LogP contribution in [0.3, 0.4) is 0 Å². The van der Waals surface area contributed by atoms with Crippen LogP contribution in [0.4, 0.5) is 10.3 Å².